The fourth-order valence-corrected chi connectivity index (χ4v) is 5.34. The molecule has 3 unspecified atom stereocenters. The summed E-state index contributed by atoms with van der Waals surface area (Å²) in [5, 5.41) is 14.9. The maximum atomic E-state index is 13.1. The lowest BCUT2D eigenvalue weighted by Gasteiger charge is -2.37. The maximum Gasteiger partial charge on any atom is 0.277 e. The largest absolute Gasteiger partial charge is 0.486 e. The molecule has 11 heteroatoms. The third kappa shape index (κ3) is 5.49. The lowest BCUT2D eigenvalue weighted by atomic mass is 10.1. The normalized spacial score (nSPS) is 18.6. The van der Waals surface area contributed by atoms with E-state index in [9.17, 15) is 4.79 Å². The molecule has 37 heavy (non-hydrogen) atoms. The molecule has 1 fully saturated rings. The first kappa shape index (κ1) is 25.3. The molecule has 0 spiro atoms. The molecular weight excluding hydrogens is 513 g/mol. The summed E-state index contributed by atoms with van der Waals surface area (Å²) in [5.41, 5.74) is 2.61. The Hall–Kier alpha value is -3.40. The Labute approximate surface area is 224 Å². The van der Waals surface area contributed by atoms with Crippen LogP contribution in [0.3, 0.4) is 0 Å². The Morgan fingerprint density at radius 3 is 2.51 bits per heavy atom. The van der Waals surface area contributed by atoms with E-state index in [2.05, 4.69) is 49.5 Å². The average molecular weight is 540 g/mol. The van der Waals surface area contributed by atoms with Crippen molar-refractivity contribution in [3.63, 3.8) is 0 Å². The molecule has 4 aromatic rings. The van der Waals surface area contributed by atoms with Crippen molar-refractivity contribution in [2.45, 2.75) is 39.0 Å². The van der Waals surface area contributed by atoms with Gasteiger partial charge in [0.1, 0.15) is 17.7 Å². The van der Waals surface area contributed by atoms with E-state index in [1.807, 2.05) is 13.0 Å². The molecule has 0 saturated carbocycles. The first-order valence-corrected chi connectivity index (χ1v) is 12.8. The molecule has 3 N–H and O–H groups in total. The van der Waals surface area contributed by atoms with Gasteiger partial charge < -0.3 is 20.3 Å². The van der Waals surface area contributed by atoms with Crippen molar-refractivity contribution < 1.29 is 9.53 Å². The van der Waals surface area contributed by atoms with Crippen LogP contribution in [0.4, 0.5) is 11.5 Å². The van der Waals surface area contributed by atoms with Crippen molar-refractivity contribution in [2.24, 2.45) is 0 Å². The number of benzene rings is 1. The molecule has 0 radical (unpaired) electrons. The smallest absolute Gasteiger partial charge is 0.277 e. The van der Waals surface area contributed by atoms with Crippen molar-refractivity contribution in [3.8, 4) is 5.75 Å². The molecule has 1 aliphatic heterocycles. The third-order valence-corrected chi connectivity index (χ3v) is 6.87. The molecule has 1 saturated heterocycles. The van der Waals surface area contributed by atoms with E-state index in [-0.39, 0.29) is 11.6 Å². The lowest BCUT2D eigenvalue weighted by Crippen LogP contribution is -2.54. The summed E-state index contributed by atoms with van der Waals surface area (Å²) in [7, 11) is 0. The SMILES string of the molecule is CC1CN(c2ccc(NC(=O)c3n[nH]c4ccc(OC(C)c5c(Cl)cncc5Cl)cc34)nc2)CC(C)N1. The molecule has 1 aromatic carbocycles. The summed E-state index contributed by atoms with van der Waals surface area (Å²) in [6.07, 6.45) is 4.39. The Bertz CT molecular complexity index is 1400. The number of aromatic amines is 1. The number of H-pyrrole nitrogens is 1. The van der Waals surface area contributed by atoms with Gasteiger partial charge in [0.05, 0.1) is 27.4 Å². The fraction of sp³-hybridized carbons (Fsp3) is 0.308. The fourth-order valence-electron chi connectivity index (χ4n) is 4.67. The van der Waals surface area contributed by atoms with Gasteiger partial charge in [0.25, 0.3) is 5.91 Å². The second-order valence-electron chi connectivity index (χ2n) is 9.29. The maximum absolute atomic E-state index is 13.1. The molecule has 9 nitrogen and oxygen atoms in total. The number of halogens is 2. The molecule has 1 aliphatic rings. The van der Waals surface area contributed by atoms with Gasteiger partial charge in [0.15, 0.2) is 5.69 Å². The summed E-state index contributed by atoms with van der Waals surface area (Å²) in [6.45, 7) is 7.98. The highest BCUT2D eigenvalue weighted by atomic mass is 35.5. The van der Waals surface area contributed by atoms with Gasteiger partial charge in [-0.15, -0.1) is 0 Å². The van der Waals surface area contributed by atoms with Crippen LogP contribution in [0, 0.1) is 0 Å². The van der Waals surface area contributed by atoms with Gasteiger partial charge in [-0.2, -0.15) is 5.10 Å². The number of carbonyl (C=O) groups excluding carboxylic acids is 1. The second kappa shape index (κ2) is 10.5. The zero-order valence-electron chi connectivity index (χ0n) is 20.6. The van der Waals surface area contributed by atoms with Gasteiger partial charge in [0.2, 0.25) is 0 Å². The van der Waals surface area contributed by atoms with Crippen LogP contribution in [-0.4, -0.2) is 51.2 Å². The summed E-state index contributed by atoms with van der Waals surface area (Å²) < 4.78 is 6.09. The van der Waals surface area contributed by atoms with Crippen LogP contribution < -0.4 is 20.3 Å². The predicted octanol–water partition coefficient (Wildman–Crippen LogP) is 5.24. The highest BCUT2D eigenvalue weighted by Crippen LogP contribution is 2.33. The number of fused-ring (bicyclic) bond motifs is 1. The molecule has 5 rings (SSSR count). The van der Waals surface area contributed by atoms with E-state index in [0.717, 1.165) is 18.8 Å². The van der Waals surface area contributed by atoms with Crippen LogP contribution in [0.25, 0.3) is 10.9 Å². The number of piperazine rings is 1. The molecule has 0 bridgehead atoms. The van der Waals surface area contributed by atoms with Gasteiger partial charge in [0, 0.05) is 48.5 Å². The van der Waals surface area contributed by atoms with Gasteiger partial charge in [-0.05, 0) is 51.1 Å². The summed E-state index contributed by atoms with van der Waals surface area (Å²) in [5.74, 6) is 0.617. The predicted molar refractivity (Wildman–Crippen MR) is 146 cm³/mol. The van der Waals surface area contributed by atoms with Crippen LogP contribution in [0.5, 0.6) is 5.75 Å². The first-order valence-electron chi connectivity index (χ1n) is 12.0. The van der Waals surface area contributed by atoms with E-state index in [1.165, 1.54) is 12.4 Å². The van der Waals surface area contributed by atoms with Crippen LogP contribution in [-0.2, 0) is 0 Å². The van der Waals surface area contributed by atoms with E-state index < -0.39 is 6.10 Å². The van der Waals surface area contributed by atoms with E-state index in [1.54, 1.807) is 30.5 Å². The second-order valence-corrected chi connectivity index (χ2v) is 10.1. The number of aromatic nitrogens is 4. The van der Waals surface area contributed by atoms with Crippen molar-refractivity contribution in [2.75, 3.05) is 23.3 Å². The number of carbonyl (C=O) groups is 1. The molecule has 192 valence electrons. The Kier molecular flexibility index (Phi) is 7.19. The quantitative estimate of drug-likeness (QED) is 0.307. The zero-order valence-corrected chi connectivity index (χ0v) is 22.1. The number of nitrogens with one attached hydrogen (secondary N) is 3. The van der Waals surface area contributed by atoms with E-state index in [0.29, 0.717) is 50.2 Å². The van der Waals surface area contributed by atoms with Gasteiger partial charge in [-0.25, -0.2) is 4.98 Å². The molecule has 4 heterocycles. The Morgan fingerprint density at radius 2 is 1.84 bits per heavy atom. The summed E-state index contributed by atoms with van der Waals surface area (Å²) >= 11 is 12.5. The van der Waals surface area contributed by atoms with Crippen LogP contribution in [0.15, 0.2) is 48.9 Å². The minimum atomic E-state index is -0.436. The number of rotatable bonds is 6. The van der Waals surface area contributed by atoms with Crippen molar-refractivity contribution >= 4 is 51.5 Å². The molecular formula is C26H27Cl2N7O2. The van der Waals surface area contributed by atoms with Crippen LogP contribution in [0.2, 0.25) is 10.0 Å². The highest BCUT2D eigenvalue weighted by Gasteiger charge is 2.22. The topological polar surface area (TPSA) is 108 Å². The average Bonchev–Trinajstić information content (AvgIpc) is 3.27. The monoisotopic (exact) mass is 539 g/mol. The zero-order chi connectivity index (χ0) is 26.1. The highest BCUT2D eigenvalue weighted by molar-refractivity contribution is 6.35. The number of hydrogen-bond donors (Lipinski definition) is 3. The lowest BCUT2D eigenvalue weighted by molar-refractivity contribution is 0.102. The number of amides is 1. The molecule has 3 atom stereocenters. The molecule has 1 amide bonds. The number of anilines is 2. The summed E-state index contributed by atoms with van der Waals surface area (Å²) in [6, 6.07) is 9.92. The molecule has 0 aliphatic carbocycles. The number of pyridine rings is 2. The summed E-state index contributed by atoms with van der Waals surface area (Å²) in [4.78, 5) is 23.8. The number of ether oxygens (including phenoxy) is 1. The van der Waals surface area contributed by atoms with Gasteiger partial charge >= 0.3 is 0 Å². The van der Waals surface area contributed by atoms with E-state index >= 15 is 0 Å². The minimum absolute atomic E-state index is 0.240. The Morgan fingerprint density at radius 1 is 1.11 bits per heavy atom. The Balaban J connectivity index is 1.31. The molecule has 3 aromatic heterocycles. The van der Waals surface area contributed by atoms with Gasteiger partial charge in [-0.1, -0.05) is 23.2 Å². The van der Waals surface area contributed by atoms with Crippen LogP contribution >= 0.6 is 23.2 Å². The van der Waals surface area contributed by atoms with Gasteiger partial charge in [-0.3, -0.25) is 14.9 Å². The number of nitrogens with zero attached hydrogens (tertiary/aromatic N) is 4. The van der Waals surface area contributed by atoms with Crippen molar-refractivity contribution in [3.05, 3.63) is 70.2 Å². The minimum Gasteiger partial charge on any atom is -0.486 e. The van der Waals surface area contributed by atoms with Crippen molar-refractivity contribution in [1.82, 2.24) is 25.5 Å². The third-order valence-electron chi connectivity index (χ3n) is 6.27. The van der Waals surface area contributed by atoms with Crippen molar-refractivity contribution in [1.29, 1.82) is 0 Å². The first-order chi connectivity index (χ1) is 17.8. The number of hydrogen-bond acceptors (Lipinski definition) is 7. The van der Waals surface area contributed by atoms with Crippen LogP contribution in [0.1, 0.15) is 42.9 Å². The standard InChI is InChI=1S/C26H27Cl2N7O2/c1-14-12-35(13-15(2)31-14)17-4-7-23(30-9-17)32-26(36)25-19-8-18(5-6-22(19)33-34-25)37-16(3)24-20(27)10-29-11-21(24)28/h4-11,14-16,31H,12-13H2,1-3H3,(H,33,34)(H,30,32,36). The van der Waals surface area contributed by atoms with E-state index in [4.69, 9.17) is 27.9 Å².